The molecule has 0 saturated heterocycles. The summed E-state index contributed by atoms with van der Waals surface area (Å²) in [6.45, 7) is 11.1. The van der Waals surface area contributed by atoms with Crippen molar-refractivity contribution < 1.29 is 28.2 Å². The van der Waals surface area contributed by atoms with E-state index in [1.54, 1.807) is 0 Å². The first-order valence-corrected chi connectivity index (χ1v) is 23.8. The Morgan fingerprint density at radius 3 is 1.41 bits per heavy atom. The molecule has 0 aliphatic carbocycles. The number of unbranched alkanes of at least 4 members (excludes halogenated alkanes) is 24. The van der Waals surface area contributed by atoms with Crippen molar-refractivity contribution in [2.24, 2.45) is 0 Å². The van der Waals surface area contributed by atoms with E-state index in [1.807, 2.05) is 0 Å². The van der Waals surface area contributed by atoms with Crippen LogP contribution in [0.4, 0.5) is 8.78 Å². The van der Waals surface area contributed by atoms with Gasteiger partial charge in [0.2, 0.25) is 5.92 Å². The fourth-order valence-corrected chi connectivity index (χ4v) is 7.44. The number of nitrogens with zero attached hydrogens (tertiary/aromatic N) is 1. The van der Waals surface area contributed by atoms with Crippen molar-refractivity contribution in [2.75, 3.05) is 26.2 Å². The van der Waals surface area contributed by atoms with Crippen molar-refractivity contribution in [2.45, 2.75) is 271 Å². The number of esters is 1. The van der Waals surface area contributed by atoms with E-state index < -0.39 is 12.2 Å². The summed E-state index contributed by atoms with van der Waals surface area (Å²) < 4.78 is 38.6. The molecule has 0 radical (unpaired) electrons. The minimum Gasteiger partial charge on any atom is -0.462 e. The van der Waals surface area contributed by atoms with Crippen LogP contribution in [-0.2, 0) is 14.3 Å². The highest BCUT2D eigenvalue weighted by atomic mass is 19.3. The number of ether oxygens (including phenoxy) is 2. The molecular weight excluding hydrogens is 681 g/mol. The molecule has 0 spiro atoms. The molecule has 0 heterocycles. The monoisotopic (exact) mass is 774 g/mol. The zero-order valence-corrected chi connectivity index (χ0v) is 36.6. The summed E-state index contributed by atoms with van der Waals surface area (Å²) in [5, 5.41) is 10.1. The summed E-state index contributed by atoms with van der Waals surface area (Å²) in [7, 11) is 0. The van der Waals surface area contributed by atoms with Crippen LogP contribution in [0.15, 0.2) is 0 Å². The van der Waals surface area contributed by atoms with Gasteiger partial charge in [-0.05, 0) is 97.2 Å². The maximum absolute atomic E-state index is 13.5. The van der Waals surface area contributed by atoms with Crippen LogP contribution in [0.25, 0.3) is 0 Å². The Balaban J connectivity index is 4.24. The van der Waals surface area contributed by atoms with Crippen LogP contribution in [0.3, 0.4) is 0 Å². The number of alkyl halides is 2. The van der Waals surface area contributed by atoms with Crippen molar-refractivity contribution in [3.63, 3.8) is 0 Å². The van der Waals surface area contributed by atoms with E-state index in [0.29, 0.717) is 25.9 Å². The van der Waals surface area contributed by atoms with Gasteiger partial charge < -0.3 is 19.5 Å². The van der Waals surface area contributed by atoms with E-state index in [1.165, 1.54) is 103 Å². The van der Waals surface area contributed by atoms with Gasteiger partial charge >= 0.3 is 5.97 Å². The van der Waals surface area contributed by atoms with E-state index in [-0.39, 0.29) is 18.5 Å². The third-order valence-corrected chi connectivity index (χ3v) is 11.0. The van der Waals surface area contributed by atoms with Gasteiger partial charge in [-0.2, -0.15) is 0 Å². The van der Waals surface area contributed by atoms with Gasteiger partial charge in [0.1, 0.15) is 6.10 Å². The highest BCUT2D eigenvalue weighted by molar-refractivity contribution is 5.69. The number of hydrogen-bond donors (Lipinski definition) is 1. The summed E-state index contributed by atoms with van der Waals surface area (Å²) in [6, 6.07) is 0. The molecule has 0 bridgehead atoms. The highest BCUT2D eigenvalue weighted by Crippen LogP contribution is 2.21. The molecule has 0 amide bonds. The minimum absolute atomic E-state index is 0.0146. The number of aliphatic hydroxyl groups is 1. The summed E-state index contributed by atoms with van der Waals surface area (Å²) in [6.07, 6.45) is 37.7. The largest absolute Gasteiger partial charge is 0.462 e. The summed E-state index contributed by atoms with van der Waals surface area (Å²) >= 11 is 0. The highest BCUT2D eigenvalue weighted by Gasteiger charge is 2.20. The summed E-state index contributed by atoms with van der Waals surface area (Å²) in [4.78, 5) is 15.1. The Bertz CT molecular complexity index is 749. The van der Waals surface area contributed by atoms with Crippen LogP contribution >= 0.6 is 0 Å². The van der Waals surface area contributed by atoms with Gasteiger partial charge in [-0.25, -0.2) is 8.78 Å². The van der Waals surface area contributed by atoms with Crippen LogP contribution in [-0.4, -0.2) is 60.5 Å². The average Bonchev–Trinajstić information content (AvgIpc) is 3.13. The van der Waals surface area contributed by atoms with E-state index in [4.69, 9.17) is 9.47 Å². The Labute approximate surface area is 335 Å². The SMILES string of the molecule is CCCCCCCCCOC(O)CCCCCCCN(CCCCCCCC(=O)OC(CCCCCCCC)CCCCCCCC)CCCC(C)(F)F. The van der Waals surface area contributed by atoms with Gasteiger partial charge in [0.15, 0.2) is 6.29 Å². The van der Waals surface area contributed by atoms with Gasteiger partial charge in [-0.1, -0.05) is 162 Å². The molecule has 1 atom stereocenters. The normalized spacial score (nSPS) is 12.7. The molecule has 0 aliphatic heterocycles. The molecule has 0 aromatic carbocycles. The average molecular weight is 774 g/mol. The number of rotatable bonds is 44. The Kier molecular flexibility index (Phi) is 39.8. The Morgan fingerprint density at radius 2 is 0.926 bits per heavy atom. The molecule has 0 rings (SSSR count). The fraction of sp³-hybridized carbons (Fsp3) is 0.979. The smallest absolute Gasteiger partial charge is 0.306 e. The molecule has 0 aromatic heterocycles. The fourth-order valence-electron chi connectivity index (χ4n) is 7.44. The van der Waals surface area contributed by atoms with Crippen LogP contribution in [0.5, 0.6) is 0 Å². The van der Waals surface area contributed by atoms with Gasteiger partial charge in [0, 0.05) is 19.4 Å². The number of aliphatic hydroxyl groups excluding tert-OH is 1. The molecule has 0 aliphatic rings. The Morgan fingerprint density at radius 1 is 0.537 bits per heavy atom. The molecule has 7 heteroatoms. The van der Waals surface area contributed by atoms with Crippen molar-refractivity contribution in [1.29, 1.82) is 0 Å². The lowest BCUT2D eigenvalue weighted by Crippen LogP contribution is -2.28. The molecule has 54 heavy (non-hydrogen) atoms. The van der Waals surface area contributed by atoms with Gasteiger partial charge in [0.05, 0.1) is 0 Å². The summed E-state index contributed by atoms with van der Waals surface area (Å²) in [5.74, 6) is -2.61. The Hall–Kier alpha value is -0.790. The van der Waals surface area contributed by atoms with Crippen molar-refractivity contribution in [3.05, 3.63) is 0 Å². The first kappa shape index (κ1) is 53.2. The number of halogens is 2. The topological polar surface area (TPSA) is 59.0 Å². The van der Waals surface area contributed by atoms with Crippen molar-refractivity contribution >= 4 is 5.97 Å². The summed E-state index contributed by atoms with van der Waals surface area (Å²) in [5.41, 5.74) is 0. The van der Waals surface area contributed by atoms with Crippen LogP contribution in [0.2, 0.25) is 0 Å². The van der Waals surface area contributed by atoms with Gasteiger partial charge in [-0.3, -0.25) is 4.79 Å². The number of hydrogen-bond acceptors (Lipinski definition) is 5. The molecule has 0 fully saturated rings. The zero-order valence-electron chi connectivity index (χ0n) is 36.6. The lowest BCUT2D eigenvalue weighted by Gasteiger charge is -2.23. The van der Waals surface area contributed by atoms with Gasteiger partial charge in [0.25, 0.3) is 0 Å². The third-order valence-electron chi connectivity index (χ3n) is 11.0. The molecule has 1 unspecified atom stereocenters. The first-order valence-electron chi connectivity index (χ1n) is 23.8. The van der Waals surface area contributed by atoms with Crippen molar-refractivity contribution in [1.82, 2.24) is 4.90 Å². The molecule has 0 aromatic rings. The molecular formula is C47H93F2NO4. The minimum atomic E-state index is -2.60. The van der Waals surface area contributed by atoms with Crippen LogP contribution < -0.4 is 0 Å². The third kappa shape index (κ3) is 40.9. The van der Waals surface area contributed by atoms with Gasteiger partial charge in [-0.15, -0.1) is 0 Å². The quantitative estimate of drug-likeness (QED) is 0.0380. The second kappa shape index (κ2) is 40.4. The van der Waals surface area contributed by atoms with E-state index in [0.717, 1.165) is 123 Å². The predicted molar refractivity (Wildman–Crippen MR) is 228 cm³/mol. The molecule has 0 saturated carbocycles. The van der Waals surface area contributed by atoms with E-state index in [2.05, 4.69) is 25.7 Å². The first-order chi connectivity index (χ1) is 26.2. The standard InChI is InChI=1S/C47H93F2NO4/c1-5-8-11-14-17-26-33-43-53-45(51)37-29-22-18-24-31-40-50(42-34-39-47(4,48)49)41-32-25-19-23-30-38-46(52)54-44(35-27-20-15-12-9-6-2)36-28-21-16-13-10-7-3/h44-45,51H,5-43H2,1-4H3. The zero-order chi connectivity index (χ0) is 39.8. The molecule has 1 N–H and O–H groups in total. The second-order valence-corrected chi connectivity index (χ2v) is 16.8. The maximum Gasteiger partial charge on any atom is 0.306 e. The van der Waals surface area contributed by atoms with Crippen LogP contribution in [0.1, 0.15) is 252 Å². The maximum atomic E-state index is 13.5. The van der Waals surface area contributed by atoms with E-state index >= 15 is 0 Å². The number of carbonyl (C=O) groups excluding carboxylic acids is 1. The van der Waals surface area contributed by atoms with Crippen molar-refractivity contribution in [3.8, 4) is 0 Å². The second-order valence-electron chi connectivity index (χ2n) is 16.8. The lowest BCUT2D eigenvalue weighted by molar-refractivity contribution is -0.150. The lowest BCUT2D eigenvalue weighted by atomic mass is 10.0. The van der Waals surface area contributed by atoms with E-state index in [9.17, 15) is 18.7 Å². The molecule has 5 nitrogen and oxygen atoms in total. The predicted octanol–water partition coefficient (Wildman–Crippen LogP) is 14.9. The molecule has 324 valence electrons. The van der Waals surface area contributed by atoms with Crippen LogP contribution in [0, 0.1) is 0 Å². The number of carbonyl (C=O) groups is 1.